The lowest BCUT2D eigenvalue weighted by Gasteiger charge is -1.92. The van der Waals surface area contributed by atoms with Crippen molar-refractivity contribution in [1.82, 2.24) is 0 Å². The number of hydrogen-bond donors (Lipinski definition) is 0. The molecule has 0 saturated carbocycles. The maximum Gasteiger partial charge on any atom is 0.0392 e. The Balaban J connectivity index is 0. The van der Waals surface area contributed by atoms with Gasteiger partial charge in [0.05, 0.1) is 0 Å². The van der Waals surface area contributed by atoms with Gasteiger partial charge in [-0.1, -0.05) is 50.3 Å². The summed E-state index contributed by atoms with van der Waals surface area (Å²) in [5, 5.41) is 0.787. The van der Waals surface area contributed by atoms with Gasteiger partial charge >= 0.3 is 0 Å². The van der Waals surface area contributed by atoms with Crippen molar-refractivity contribution >= 4 is 11.6 Å². The molecule has 64 valence electrons. The zero-order valence-corrected chi connectivity index (χ0v) is 8.57. The van der Waals surface area contributed by atoms with Crippen molar-refractivity contribution in [3.8, 4) is 0 Å². The van der Waals surface area contributed by atoms with Crippen LogP contribution in [-0.4, -0.2) is 0 Å². The standard InChI is InChI=1S/C8H11Cl.C2H6/c1-4-6-7(3)8(9)5-2;1-2/h4-6H,1H2,2-3H3;1-2H3/b7-6-,8-5+;. The fourth-order valence-corrected chi connectivity index (χ4v) is 0.547. The number of hydrogen-bond acceptors (Lipinski definition) is 0. The highest BCUT2D eigenvalue weighted by Crippen LogP contribution is 2.12. The third-order valence-corrected chi connectivity index (χ3v) is 1.51. The molecule has 11 heavy (non-hydrogen) atoms. The van der Waals surface area contributed by atoms with Gasteiger partial charge in [0, 0.05) is 5.03 Å². The monoisotopic (exact) mass is 172 g/mol. The van der Waals surface area contributed by atoms with Gasteiger partial charge in [-0.05, 0) is 19.4 Å². The second-order valence-corrected chi connectivity index (χ2v) is 2.13. The highest BCUT2D eigenvalue weighted by atomic mass is 35.5. The van der Waals surface area contributed by atoms with Crippen molar-refractivity contribution in [2.75, 3.05) is 0 Å². The Kier molecular flexibility index (Phi) is 11.3. The van der Waals surface area contributed by atoms with E-state index in [9.17, 15) is 0 Å². The van der Waals surface area contributed by atoms with E-state index in [0.717, 1.165) is 10.6 Å². The van der Waals surface area contributed by atoms with Gasteiger partial charge in [-0.15, -0.1) is 0 Å². The topological polar surface area (TPSA) is 0 Å². The maximum atomic E-state index is 5.74. The minimum absolute atomic E-state index is 0.787. The molecule has 0 amide bonds. The summed E-state index contributed by atoms with van der Waals surface area (Å²) < 4.78 is 0. The van der Waals surface area contributed by atoms with Crippen LogP contribution in [0.1, 0.15) is 27.7 Å². The van der Waals surface area contributed by atoms with Crippen molar-refractivity contribution in [3.05, 3.63) is 35.4 Å². The zero-order valence-electron chi connectivity index (χ0n) is 7.82. The normalized spacial score (nSPS) is 11.7. The van der Waals surface area contributed by atoms with E-state index in [4.69, 9.17) is 11.6 Å². The van der Waals surface area contributed by atoms with E-state index in [1.807, 2.05) is 39.8 Å². The van der Waals surface area contributed by atoms with Crippen LogP contribution in [0.4, 0.5) is 0 Å². The van der Waals surface area contributed by atoms with Gasteiger partial charge in [0.1, 0.15) is 0 Å². The second-order valence-electron chi connectivity index (χ2n) is 1.72. The summed E-state index contributed by atoms with van der Waals surface area (Å²) in [7, 11) is 0. The highest BCUT2D eigenvalue weighted by Gasteiger charge is 1.88. The Labute approximate surface area is 75.3 Å². The van der Waals surface area contributed by atoms with E-state index >= 15 is 0 Å². The molecular weight excluding hydrogens is 156 g/mol. The van der Waals surface area contributed by atoms with Crippen molar-refractivity contribution in [2.24, 2.45) is 0 Å². The van der Waals surface area contributed by atoms with Crippen molar-refractivity contribution in [2.45, 2.75) is 27.7 Å². The summed E-state index contributed by atoms with van der Waals surface area (Å²) in [5.41, 5.74) is 1.05. The lowest BCUT2D eigenvalue weighted by atomic mass is 10.2. The fraction of sp³-hybridized carbons (Fsp3) is 0.400. The van der Waals surface area contributed by atoms with Crippen LogP contribution >= 0.6 is 11.6 Å². The van der Waals surface area contributed by atoms with E-state index in [-0.39, 0.29) is 0 Å². The molecule has 0 aliphatic heterocycles. The molecule has 0 aromatic carbocycles. The first-order valence-electron chi connectivity index (χ1n) is 3.84. The molecule has 0 aliphatic rings. The van der Waals surface area contributed by atoms with Gasteiger partial charge in [-0.3, -0.25) is 0 Å². The molecule has 0 rings (SSSR count). The van der Waals surface area contributed by atoms with Gasteiger partial charge < -0.3 is 0 Å². The number of halogens is 1. The van der Waals surface area contributed by atoms with E-state index in [0.29, 0.717) is 0 Å². The van der Waals surface area contributed by atoms with Crippen LogP contribution in [0.2, 0.25) is 0 Å². The lowest BCUT2D eigenvalue weighted by Crippen LogP contribution is -1.71. The molecule has 0 fully saturated rings. The van der Waals surface area contributed by atoms with Crippen LogP contribution in [0.15, 0.2) is 35.4 Å². The minimum atomic E-state index is 0.787. The first-order valence-corrected chi connectivity index (χ1v) is 4.21. The zero-order chi connectivity index (χ0) is 9.28. The molecule has 0 radical (unpaired) electrons. The SMILES string of the molecule is C=C/C=C(C)\C(Cl)=C/C.CC. The molecule has 0 heterocycles. The van der Waals surface area contributed by atoms with Crippen LogP contribution in [-0.2, 0) is 0 Å². The van der Waals surface area contributed by atoms with Crippen LogP contribution in [0, 0.1) is 0 Å². The Morgan fingerprint density at radius 2 is 1.82 bits per heavy atom. The summed E-state index contributed by atoms with van der Waals surface area (Å²) in [6.07, 6.45) is 5.46. The lowest BCUT2D eigenvalue weighted by molar-refractivity contribution is 1.47. The van der Waals surface area contributed by atoms with Crippen molar-refractivity contribution in [1.29, 1.82) is 0 Å². The van der Waals surface area contributed by atoms with Crippen LogP contribution in [0.25, 0.3) is 0 Å². The molecule has 0 spiro atoms. The third kappa shape index (κ3) is 7.41. The molecule has 0 nitrogen and oxygen atoms in total. The Morgan fingerprint density at radius 1 is 1.36 bits per heavy atom. The molecule has 0 atom stereocenters. The summed E-state index contributed by atoms with van der Waals surface area (Å²) in [6.45, 7) is 11.4. The maximum absolute atomic E-state index is 5.74. The van der Waals surface area contributed by atoms with Crippen molar-refractivity contribution < 1.29 is 0 Å². The number of rotatable bonds is 2. The van der Waals surface area contributed by atoms with Gasteiger partial charge in [0.15, 0.2) is 0 Å². The summed E-state index contributed by atoms with van der Waals surface area (Å²) in [6, 6.07) is 0. The predicted molar refractivity (Wildman–Crippen MR) is 54.9 cm³/mol. The molecule has 0 aromatic rings. The molecule has 1 heteroatoms. The highest BCUT2D eigenvalue weighted by molar-refractivity contribution is 6.31. The summed E-state index contributed by atoms with van der Waals surface area (Å²) >= 11 is 5.74. The third-order valence-electron chi connectivity index (χ3n) is 0.998. The summed E-state index contributed by atoms with van der Waals surface area (Å²) in [5.74, 6) is 0. The molecule has 0 aromatic heterocycles. The molecule has 0 N–H and O–H groups in total. The Morgan fingerprint density at radius 3 is 2.09 bits per heavy atom. The van der Waals surface area contributed by atoms with E-state index in [1.54, 1.807) is 6.08 Å². The van der Waals surface area contributed by atoms with Gasteiger partial charge in [-0.25, -0.2) is 0 Å². The first kappa shape index (κ1) is 13.1. The fourth-order valence-electron chi connectivity index (χ4n) is 0.484. The first-order chi connectivity index (χ1) is 5.22. The molecule has 0 bridgehead atoms. The predicted octanol–water partition coefficient (Wildman–Crippen LogP) is 4.29. The van der Waals surface area contributed by atoms with E-state index in [1.165, 1.54) is 0 Å². The van der Waals surface area contributed by atoms with Gasteiger partial charge in [-0.2, -0.15) is 0 Å². The molecular formula is C10H17Cl. The van der Waals surface area contributed by atoms with E-state index in [2.05, 4.69) is 6.58 Å². The largest absolute Gasteiger partial charge is 0.0991 e. The average Bonchev–Trinajstić information content (AvgIpc) is 2.07. The van der Waals surface area contributed by atoms with Crippen LogP contribution in [0.5, 0.6) is 0 Å². The van der Waals surface area contributed by atoms with Gasteiger partial charge in [0.2, 0.25) is 0 Å². The van der Waals surface area contributed by atoms with E-state index < -0.39 is 0 Å². The quantitative estimate of drug-likeness (QED) is 0.546. The molecule has 0 saturated heterocycles. The second kappa shape index (κ2) is 9.51. The van der Waals surface area contributed by atoms with Gasteiger partial charge in [0.25, 0.3) is 0 Å². The Bertz CT molecular complexity index is 152. The van der Waals surface area contributed by atoms with Crippen molar-refractivity contribution in [3.63, 3.8) is 0 Å². The minimum Gasteiger partial charge on any atom is -0.0991 e. The Hall–Kier alpha value is -0.490. The smallest absolute Gasteiger partial charge is 0.0392 e. The molecule has 0 aliphatic carbocycles. The van der Waals surface area contributed by atoms with Crippen LogP contribution in [0.3, 0.4) is 0 Å². The summed E-state index contributed by atoms with van der Waals surface area (Å²) in [4.78, 5) is 0. The number of allylic oxidation sites excluding steroid dienone is 5. The van der Waals surface area contributed by atoms with Crippen LogP contribution < -0.4 is 0 Å². The molecule has 0 unspecified atom stereocenters. The average molecular weight is 173 g/mol.